The number of carbonyl (C=O) groups is 1. The minimum absolute atomic E-state index is 0.000317. The molecule has 4 aliphatic rings. The zero-order valence-electron chi connectivity index (χ0n) is 15.6. The van der Waals surface area contributed by atoms with E-state index in [1.807, 2.05) is 0 Å². The Morgan fingerprint density at radius 1 is 1.04 bits per heavy atom. The van der Waals surface area contributed by atoms with E-state index in [0.717, 1.165) is 31.1 Å². The third-order valence-corrected chi connectivity index (χ3v) is 7.77. The molecule has 0 spiro atoms. The maximum Gasteiger partial charge on any atom is 0.312 e. The quantitative estimate of drug-likeness (QED) is 0.697. The summed E-state index contributed by atoms with van der Waals surface area (Å²) in [6.45, 7) is 6.77. The maximum atomic E-state index is 12.9. The van der Waals surface area contributed by atoms with E-state index >= 15 is 0 Å². The van der Waals surface area contributed by atoms with Gasteiger partial charge in [-0.15, -0.1) is 0 Å². The van der Waals surface area contributed by atoms with Crippen LogP contribution in [-0.4, -0.2) is 23.8 Å². The summed E-state index contributed by atoms with van der Waals surface area (Å²) in [4.78, 5) is 12.9. The average Bonchev–Trinajstić information content (AvgIpc) is 3.25. The topological polar surface area (TPSA) is 35.5 Å². The third-order valence-electron chi connectivity index (χ3n) is 7.77. The molecule has 0 N–H and O–H groups in total. The highest BCUT2D eigenvalue weighted by Crippen LogP contribution is 2.60. The van der Waals surface area contributed by atoms with E-state index in [4.69, 9.17) is 9.47 Å². The largest absolute Gasteiger partial charge is 0.459 e. The van der Waals surface area contributed by atoms with Crippen LogP contribution >= 0.6 is 0 Å². The lowest BCUT2D eigenvalue weighted by molar-refractivity contribution is -0.169. The lowest BCUT2D eigenvalue weighted by atomic mass is 9.70. The number of hydrogen-bond acceptors (Lipinski definition) is 3. The highest BCUT2D eigenvalue weighted by molar-refractivity contribution is 5.74. The van der Waals surface area contributed by atoms with Gasteiger partial charge in [-0.25, -0.2) is 0 Å². The molecule has 2 aliphatic heterocycles. The molecule has 3 heteroatoms. The fraction of sp³-hybridized carbons (Fsp3) is 0.952. The van der Waals surface area contributed by atoms with Gasteiger partial charge in [-0.3, -0.25) is 4.79 Å². The Bertz CT molecular complexity index is 481. The van der Waals surface area contributed by atoms with Crippen molar-refractivity contribution in [2.24, 2.45) is 29.6 Å². The van der Waals surface area contributed by atoms with Crippen molar-refractivity contribution < 1.29 is 14.3 Å². The van der Waals surface area contributed by atoms with Gasteiger partial charge in [-0.05, 0) is 69.1 Å². The Balaban J connectivity index is 1.46. The van der Waals surface area contributed by atoms with Gasteiger partial charge in [-0.1, -0.05) is 33.1 Å². The van der Waals surface area contributed by atoms with Crippen LogP contribution in [0.1, 0.15) is 78.6 Å². The van der Waals surface area contributed by atoms with E-state index in [1.54, 1.807) is 0 Å². The van der Waals surface area contributed by atoms with Gasteiger partial charge < -0.3 is 9.47 Å². The minimum Gasteiger partial charge on any atom is -0.459 e. The molecule has 0 radical (unpaired) electrons. The smallest absolute Gasteiger partial charge is 0.312 e. The lowest BCUT2D eigenvalue weighted by Crippen LogP contribution is -2.42. The first-order valence-corrected chi connectivity index (χ1v) is 10.4. The van der Waals surface area contributed by atoms with Crippen LogP contribution in [0.4, 0.5) is 0 Å². The van der Waals surface area contributed by atoms with Crippen molar-refractivity contribution >= 4 is 5.97 Å². The summed E-state index contributed by atoms with van der Waals surface area (Å²) in [7, 11) is 0. The second-order valence-electron chi connectivity index (χ2n) is 9.14. The highest BCUT2D eigenvalue weighted by Gasteiger charge is 2.63. The Morgan fingerprint density at radius 3 is 2.38 bits per heavy atom. The molecule has 7 atom stereocenters. The van der Waals surface area contributed by atoms with Crippen molar-refractivity contribution in [3.63, 3.8) is 0 Å². The van der Waals surface area contributed by atoms with Crippen molar-refractivity contribution in [1.82, 2.24) is 0 Å². The Kier molecular flexibility index (Phi) is 4.43. The summed E-state index contributed by atoms with van der Waals surface area (Å²) < 4.78 is 12.4. The van der Waals surface area contributed by atoms with Crippen LogP contribution in [-0.2, 0) is 14.3 Å². The molecule has 2 bridgehead atoms. The van der Waals surface area contributed by atoms with Crippen molar-refractivity contribution in [2.75, 3.05) is 0 Å². The van der Waals surface area contributed by atoms with Gasteiger partial charge in [0.1, 0.15) is 5.60 Å². The molecule has 0 amide bonds. The molecule has 136 valence electrons. The molecule has 3 nitrogen and oxygen atoms in total. The Labute approximate surface area is 146 Å². The molecule has 4 rings (SSSR count). The van der Waals surface area contributed by atoms with Crippen LogP contribution in [0.5, 0.6) is 0 Å². The Hall–Kier alpha value is -0.570. The van der Waals surface area contributed by atoms with E-state index in [1.165, 1.54) is 38.5 Å². The fourth-order valence-electron chi connectivity index (χ4n) is 6.54. The second-order valence-corrected chi connectivity index (χ2v) is 9.14. The van der Waals surface area contributed by atoms with Gasteiger partial charge in [0.05, 0.1) is 18.1 Å². The van der Waals surface area contributed by atoms with E-state index in [2.05, 4.69) is 20.8 Å². The van der Waals surface area contributed by atoms with Crippen molar-refractivity contribution in [2.45, 2.75) is 96.4 Å². The number of hydrogen-bond donors (Lipinski definition) is 0. The van der Waals surface area contributed by atoms with Crippen LogP contribution in [0, 0.1) is 29.6 Å². The standard InChI is InChI=1S/C21H34O3/c1-4-13-11-14(5-2)18-17(13)16-12-15(19(18)23-16)20(22)24-21(3)9-7-6-8-10-21/h13-19H,4-12H2,1-3H3. The molecule has 2 heterocycles. The molecule has 2 aliphatic carbocycles. The number of rotatable bonds is 4. The number of esters is 1. The molecule has 24 heavy (non-hydrogen) atoms. The summed E-state index contributed by atoms with van der Waals surface area (Å²) in [6, 6.07) is 0. The van der Waals surface area contributed by atoms with Gasteiger partial charge >= 0.3 is 5.97 Å². The van der Waals surface area contributed by atoms with Crippen LogP contribution < -0.4 is 0 Å². The van der Waals surface area contributed by atoms with E-state index in [9.17, 15) is 4.79 Å². The molecule has 0 aromatic rings. The summed E-state index contributed by atoms with van der Waals surface area (Å²) in [5, 5.41) is 0. The minimum atomic E-state index is -0.220. The normalized spacial score (nSPS) is 46.0. The van der Waals surface area contributed by atoms with Crippen LogP contribution in [0.2, 0.25) is 0 Å². The first kappa shape index (κ1) is 16.9. The summed E-state index contributed by atoms with van der Waals surface area (Å²) in [5.41, 5.74) is -0.220. The van der Waals surface area contributed by atoms with Gasteiger partial charge in [0.15, 0.2) is 0 Å². The summed E-state index contributed by atoms with van der Waals surface area (Å²) >= 11 is 0. The van der Waals surface area contributed by atoms with Crippen molar-refractivity contribution in [1.29, 1.82) is 0 Å². The predicted molar refractivity (Wildman–Crippen MR) is 93.5 cm³/mol. The maximum absolute atomic E-state index is 12.9. The zero-order valence-corrected chi connectivity index (χ0v) is 15.6. The fourth-order valence-corrected chi connectivity index (χ4v) is 6.54. The molecular formula is C21H34O3. The van der Waals surface area contributed by atoms with Crippen LogP contribution in [0.15, 0.2) is 0 Å². The van der Waals surface area contributed by atoms with E-state index < -0.39 is 0 Å². The molecule has 0 aromatic carbocycles. The van der Waals surface area contributed by atoms with E-state index in [-0.39, 0.29) is 23.6 Å². The first-order valence-electron chi connectivity index (χ1n) is 10.4. The molecular weight excluding hydrogens is 300 g/mol. The second kappa shape index (κ2) is 6.30. The predicted octanol–water partition coefficient (Wildman–Crippen LogP) is 4.73. The number of ether oxygens (including phenoxy) is 2. The molecule has 2 saturated carbocycles. The van der Waals surface area contributed by atoms with Gasteiger partial charge in [0.2, 0.25) is 0 Å². The number of fused-ring (bicyclic) bond motifs is 5. The monoisotopic (exact) mass is 334 g/mol. The average molecular weight is 335 g/mol. The third kappa shape index (κ3) is 2.62. The molecule has 7 unspecified atom stereocenters. The van der Waals surface area contributed by atoms with Gasteiger partial charge in [0.25, 0.3) is 0 Å². The number of carbonyl (C=O) groups excluding carboxylic acids is 1. The highest BCUT2D eigenvalue weighted by atomic mass is 16.6. The van der Waals surface area contributed by atoms with Gasteiger partial charge in [0, 0.05) is 0 Å². The lowest BCUT2D eigenvalue weighted by Gasteiger charge is -2.36. The van der Waals surface area contributed by atoms with Crippen LogP contribution in [0.25, 0.3) is 0 Å². The molecule has 2 saturated heterocycles. The van der Waals surface area contributed by atoms with Crippen molar-refractivity contribution in [3.05, 3.63) is 0 Å². The zero-order chi connectivity index (χ0) is 16.9. The molecule has 0 aromatic heterocycles. The summed E-state index contributed by atoms with van der Waals surface area (Å²) in [5.74, 6) is 2.91. The van der Waals surface area contributed by atoms with Gasteiger partial charge in [-0.2, -0.15) is 0 Å². The molecule has 4 fully saturated rings. The van der Waals surface area contributed by atoms with Crippen LogP contribution in [0.3, 0.4) is 0 Å². The summed E-state index contributed by atoms with van der Waals surface area (Å²) in [6.07, 6.45) is 10.9. The Morgan fingerprint density at radius 2 is 1.71 bits per heavy atom. The first-order chi connectivity index (χ1) is 11.6. The van der Waals surface area contributed by atoms with Crippen molar-refractivity contribution in [3.8, 4) is 0 Å². The SMILES string of the molecule is CCC1CC(CC)C2C3OC(CC3C(=O)OC3(C)CCCCC3)C12. The van der Waals surface area contributed by atoms with E-state index in [0.29, 0.717) is 17.9 Å².